The summed E-state index contributed by atoms with van der Waals surface area (Å²) in [6.45, 7) is 0.998. The average Bonchev–Trinajstić information content (AvgIpc) is 3.16. The molecule has 0 saturated heterocycles. The Hall–Kier alpha value is -3.28. The highest BCUT2D eigenvalue weighted by atomic mass is 16.2. The van der Waals surface area contributed by atoms with Gasteiger partial charge in [0.2, 0.25) is 0 Å². The van der Waals surface area contributed by atoms with Crippen molar-refractivity contribution < 1.29 is 4.79 Å². The fourth-order valence-corrected chi connectivity index (χ4v) is 2.73. The van der Waals surface area contributed by atoms with E-state index in [2.05, 4.69) is 27.4 Å². The molecule has 2 aromatic carbocycles. The van der Waals surface area contributed by atoms with Gasteiger partial charge in [-0.15, -0.1) is 0 Å². The van der Waals surface area contributed by atoms with Crippen molar-refractivity contribution >= 4 is 11.7 Å². The molecule has 3 rings (SSSR count). The molecular formula is C21H25N5O. The van der Waals surface area contributed by atoms with E-state index < -0.39 is 0 Å². The number of nitrogens with one attached hydrogen (secondary N) is 1. The van der Waals surface area contributed by atoms with E-state index >= 15 is 0 Å². The lowest BCUT2D eigenvalue weighted by molar-refractivity contribution is 0.206. The fraction of sp³-hybridized carbons (Fsp3) is 0.238. The number of hydrogen-bond donors (Lipinski definition) is 1. The van der Waals surface area contributed by atoms with Crippen LogP contribution < -0.4 is 10.2 Å². The van der Waals surface area contributed by atoms with Crippen LogP contribution in [0.4, 0.5) is 10.5 Å². The molecule has 6 heteroatoms. The van der Waals surface area contributed by atoms with Gasteiger partial charge in [0.1, 0.15) is 0 Å². The molecule has 140 valence electrons. The minimum Gasteiger partial charge on any atom is -0.378 e. The predicted molar refractivity (Wildman–Crippen MR) is 108 cm³/mol. The molecule has 0 aliphatic carbocycles. The number of nitrogens with zero attached hydrogens (tertiary/aromatic N) is 4. The van der Waals surface area contributed by atoms with E-state index in [9.17, 15) is 4.79 Å². The number of hydrogen-bond acceptors (Lipinski definition) is 3. The molecule has 0 unspecified atom stereocenters. The zero-order valence-corrected chi connectivity index (χ0v) is 16.0. The van der Waals surface area contributed by atoms with Crippen LogP contribution in [0, 0.1) is 0 Å². The van der Waals surface area contributed by atoms with Crippen LogP contribution in [0.3, 0.4) is 0 Å². The van der Waals surface area contributed by atoms with E-state index in [4.69, 9.17) is 0 Å². The smallest absolute Gasteiger partial charge is 0.317 e. The number of amides is 2. The minimum absolute atomic E-state index is 0.112. The first-order valence-electron chi connectivity index (χ1n) is 8.87. The van der Waals surface area contributed by atoms with Gasteiger partial charge >= 0.3 is 6.03 Å². The Morgan fingerprint density at radius 3 is 2.37 bits per heavy atom. The van der Waals surface area contributed by atoms with Crippen molar-refractivity contribution in [1.29, 1.82) is 0 Å². The third-order valence-corrected chi connectivity index (χ3v) is 4.32. The van der Waals surface area contributed by atoms with Crippen molar-refractivity contribution in [3.05, 3.63) is 78.1 Å². The van der Waals surface area contributed by atoms with Gasteiger partial charge in [0, 0.05) is 51.7 Å². The van der Waals surface area contributed by atoms with Crippen LogP contribution in [0.25, 0.3) is 5.69 Å². The first-order chi connectivity index (χ1) is 13.0. The lowest BCUT2D eigenvalue weighted by Gasteiger charge is -2.19. The van der Waals surface area contributed by atoms with Gasteiger partial charge in [-0.3, -0.25) is 0 Å². The number of carbonyl (C=O) groups excluding carboxylic acids is 1. The average molecular weight is 363 g/mol. The number of urea groups is 1. The van der Waals surface area contributed by atoms with Crippen LogP contribution in [0.15, 0.2) is 67.0 Å². The molecule has 3 aromatic rings. The van der Waals surface area contributed by atoms with Gasteiger partial charge in [0.15, 0.2) is 0 Å². The summed E-state index contributed by atoms with van der Waals surface area (Å²) in [5.41, 5.74) is 4.18. The first kappa shape index (κ1) is 18.5. The lowest BCUT2D eigenvalue weighted by atomic mass is 10.2. The standard InChI is InChI=1S/C21H25N5O/c1-24(2)19-11-9-17(10-12-19)15-25(3)21(27)22-13-18-14-23-26(16-18)20-7-5-4-6-8-20/h4-12,14,16H,13,15H2,1-3H3,(H,22,27). The number of benzene rings is 2. The summed E-state index contributed by atoms with van der Waals surface area (Å²) in [7, 11) is 5.81. The highest BCUT2D eigenvalue weighted by Gasteiger charge is 2.10. The number of aromatic nitrogens is 2. The van der Waals surface area contributed by atoms with Crippen LogP contribution in [0.5, 0.6) is 0 Å². The zero-order chi connectivity index (χ0) is 19.2. The molecule has 0 fully saturated rings. The summed E-state index contributed by atoms with van der Waals surface area (Å²) < 4.78 is 1.80. The Bertz CT molecular complexity index is 871. The number of carbonyl (C=O) groups is 1. The molecular weight excluding hydrogens is 338 g/mol. The molecule has 0 bridgehead atoms. The van der Waals surface area contributed by atoms with Crippen molar-refractivity contribution in [2.75, 3.05) is 26.0 Å². The van der Waals surface area contributed by atoms with Crippen LogP contribution >= 0.6 is 0 Å². The summed E-state index contributed by atoms with van der Waals surface area (Å²) >= 11 is 0. The van der Waals surface area contributed by atoms with Crippen LogP contribution in [0.1, 0.15) is 11.1 Å². The zero-order valence-electron chi connectivity index (χ0n) is 16.0. The predicted octanol–water partition coefficient (Wildman–Crippen LogP) is 3.28. The summed E-state index contributed by atoms with van der Waals surface area (Å²) in [5, 5.41) is 7.29. The van der Waals surface area contributed by atoms with Gasteiger partial charge in [-0.2, -0.15) is 5.10 Å². The molecule has 0 aliphatic rings. The Balaban J connectivity index is 1.52. The molecule has 0 atom stereocenters. The first-order valence-corrected chi connectivity index (χ1v) is 8.87. The van der Waals surface area contributed by atoms with Crippen molar-refractivity contribution in [2.45, 2.75) is 13.1 Å². The molecule has 0 aliphatic heterocycles. The number of rotatable bonds is 6. The fourth-order valence-electron chi connectivity index (χ4n) is 2.73. The maximum Gasteiger partial charge on any atom is 0.317 e. The van der Waals surface area contributed by atoms with Crippen molar-refractivity contribution in [3.8, 4) is 5.69 Å². The number of anilines is 1. The second-order valence-electron chi connectivity index (χ2n) is 6.70. The van der Waals surface area contributed by atoms with E-state index in [1.54, 1.807) is 22.8 Å². The summed E-state index contributed by atoms with van der Waals surface area (Å²) in [6.07, 6.45) is 3.70. The SMILES string of the molecule is CN(Cc1ccc(N(C)C)cc1)C(=O)NCc1cnn(-c2ccccc2)c1. The van der Waals surface area contributed by atoms with Gasteiger partial charge < -0.3 is 15.1 Å². The Morgan fingerprint density at radius 2 is 1.70 bits per heavy atom. The van der Waals surface area contributed by atoms with Gasteiger partial charge in [0.05, 0.1) is 11.9 Å². The van der Waals surface area contributed by atoms with Crippen LogP contribution in [0.2, 0.25) is 0 Å². The molecule has 2 amide bonds. The Morgan fingerprint density at radius 1 is 1.00 bits per heavy atom. The molecule has 1 N–H and O–H groups in total. The largest absolute Gasteiger partial charge is 0.378 e. The maximum absolute atomic E-state index is 12.4. The molecule has 1 aromatic heterocycles. The minimum atomic E-state index is -0.112. The van der Waals surface area contributed by atoms with E-state index in [-0.39, 0.29) is 6.03 Å². The third-order valence-electron chi connectivity index (χ3n) is 4.32. The highest BCUT2D eigenvalue weighted by Crippen LogP contribution is 2.13. The molecule has 0 spiro atoms. The van der Waals surface area contributed by atoms with Gasteiger partial charge in [-0.25, -0.2) is 9.48 Å². The van der Waals surface area contributed by atoms with Crippen LogP contribution in [-0.4, -0.2) is 41.9 Å². The van der Waals surface area contributed by atoms with E-state index in [1.165, 1.54) is 0 Å². The summed E-state index contributed by atoms with van der Waals surface area (Å²) in [6, 6.07) is 18.0. The second-order valence-corrected chi connectivity index (χ2v) is 6.70. The highest BCUT2D eigenvalue weighted by molar-refractivity contribution is 5.73. The maximum atomic E-state index is 12.4. The van der Waals surface area contributed by atoms with Crippen LogP contribution in [-0.2, 0) is 13.1 Å². The summed E-state index contributed by atoms with van der Waals surface area (Å²) in [4.78, 5) is 16.1. The Kier molecular flexibility index (Phi) is 5.76. The van der Waals surface area contributed by atoms with Crippen molar-refractivity contribution in [1.82, 2.24) is 20.0 Å². The van der Waals surface area contributed by atoms with Gasteiger partial charge in [-0.1, -0.05) is 30.3 Å². The number of para-hydroxylation sites is 1. The monoisotopic (exact) mass is 363 g/mol. The lowest BCUT2D eigenvalue weighted by Crippen LogP contribution is -2.36. The molecule has 0 radical (unpaired) electrons. The van der Waals surface area contributed by atoms with E-state index in [1.807, 2.05) is 62.8 Å². The molecule has 1 heterocycles. The van der Waals surface area contributed by atoms with Gasteiger partial charge in [-0.05, 0) is 29.8 Å². The molecule has 6 nitrogen and oxygen atoms in total. The second kappa shape index (κ2) is 8.40. The van der Waals surface area contributed by atoms with E-state index in [0.717, 1.165) is 22.5 Å². The third kappa shape index (κ3) is 4.88. The quantitative estimate of drug-likeness (QED) is 0.731. The summed E-state index contributed by atoms with van der Waals surface area (Å²) in [5.74, 6) is 0. The van der Waals surface area contributed by atoms with E-state index in [0.29, 0.717) is 13.1 Å². The van der Waals surface area contributed by atoms with Gasteiger partial charge in [0.25, 0.3) is 0 Å². The molecule has 27 heavy (non-hydrogen) atoms. The van der Waals surface area contributed by atoms with Crippen molar-refractivity contribution in [3.63, 3.8) is 0 Å². The Labute approximate surface area is 160 Å². The van der Waals surface area contributed by atoms with Crippen molar-refractivity contribution in [2.24, 2.45) is 0 Å². The molecule has 0 saturated carbocycles. The topological polar surface area (TPSA) is 53.4 Å². The normalized spacial score (nSPS) is 10.5.